The average molecular weight is 303 g/mol. The number of carbonyl (C=O) groups is 2. The molecule has 1 aromatic rings. The Bertz CT molecular complexity index is 553. The Hall–Kier alpha value is -1.90. The fourth-order valence-electron chi connectivity index (χ4n) is 1.50. The number of carbonyl (C=O) groups excluding carboxylic acids is 2. The number of imidazole rings is 1. The zero-order valence-electron chi connectivity index (χ0n) is 11.3. The van der Waals surface area contributed by atoms with Crippen molar-refractivity contribution in [3.05, 3.63) is 18.2 Å². The van der Waals surface area contributed by atoms with Crippen LogP contribution in [-0.2, 0) is 30.6 Å². The van der Waals surface area contributed by atoms with Crippen LogP contribution in [0.5, 0.6) is 0 Å². The first kappa shape index (κ1) is 16.2. The van der Waals surface area contributed by atoms with Gasteiger partial charge in [-0.15, -0.1) is 0 Å². The summed E-state index contributed by atoms with van der Waals surface area (Å²) in [6, 6.07) is -0.882. The molecule has 2 N–H and O–H groups in total. The molecule has 0 saturated heterocycles. The second-order valence-electron chi connectivity index (χ2n) is 4.30. The Morgan fingerprint density at radius 2 is 2.20 bits per heavy atom. The van der Waals surface area contributed by atoms with E-state index in [1.54, 1.807) is 0 Å². The van der Waals surface area contributed by atoms with Crippen molar-refractivity contribution in [2.24, 2.45) is 0 Å². The zero-order chi connectivity index (χ0) is 15.2. The molecule has 1 atom stereocenters. The van der Waals surface area contributed by atoms with Gasteiger partial charge in [-0.3, -0.25) is 4.79 Å². The van der Waals surface area contributed by atoms with Gasteiger partial charge in [0.15, 0.2) is 0 Å². The van der Waals surface area contributed by atoms with Gasteiger partial charge in [-0.05, 0) is 0 Å². The molecule has 9 heteroatoms. The van der Waals surface area contributed by atoms with Gasteiger partial charge >= 0.3 is 5.97 Å². The second kappa shape index (κ2) is 7.04. The highest BCUT2D eigenvalue weighted by Gasteiger charge is 2.22. The molecule has 0 saturated carbocycles. The van der Waals surface area contributed by atoms with Gasteiger partial charge in [0.05, 0.1) is 19.2 Å². The van der Waals surface area contributed by atoms with Crippen molar-refractivity contribution in [1.29, 1.82) is 0 Å². The average Bonchev–Trinajstić information content (AvgIpc) is 2.86. The summed E-state index contributed by atoms with van der Waals surface area (Å²) in [5.41, 5.74) is 0.656. The van der Waals surface area contributed by atoms with Gasteiger partial charge in [0.2, 0.25) is 5.91 Å². The largest absolute Gasteiger partial charge is 0.467 e. The number of sulfone groups is 1. The van der Waals surface area contributed by atoms with E-state index in [1.165, 1.54) is 19.6 Å². The summed E-state index contributed by atoms with van der Waals surface area (Å²) in [4.78, 5) is 29.8. The van der Waals surface area contributed by atoms with Crippen molar-refractivity contribution in [2.75, 3.05) is 19.1 Å². The minimum Gasteiger partial charge on any atom is -0.467 e. The molecule has 112 valence electrons. The molecule has 8 nitrogen and oxygen atoms in total. The van der Waals surface area contributed by atoms with Gasteiger partial charge in [0.25, 0.3) is 0 Å². The number of amides is 1. The highest BCUT2D eigenvalue weighted by molar-refractivity contribution is 7.90. The third-order valence-electron chi connectivity index (χ3n) is 2.50. The molecule has 0 radical (unpaired) electrons. The summed E-state index contributed by atoms with van der Waals surface area (Å²) in [5.74, 6) is -1.39. The first-order valence-corrected chi connectivity index (χ1v) is 7.90. The van der Waals surface area contributed by atoms with Crippen LogP contribution >= 0.6 is 0 Å². The first-order chi connectivity index (χ1) is 9.31. The van der Waals surface area contributed by atoms with Crippen molar-refractivity contribution in [3.63, 3.8) is 0 Å². The number of hydrogen-bond donors (Lipinski definition) is 2. The lowest BCUT2D eigenvalue weighted by Crippen LogP contribution is -2.43. The number of ether oxygens (including phenoxy) is 1. The highest BCUT2D eigenvalue weighted by Crippen LogP contribution is 2.01. The van der Waals surface area contributed by atoms with E-state index in [0.29, 0.717) is 5.69 Å². The fourth-order valence-corrected chi connectivity index (χ4v) is 2.05. The maximum absolute atomic E-state index is 11.6. The quantitative estimate of drug-likeness (QED) is 0.627. The van der Waals surface area contributed by atoms with E-state index in [1.807, 2.05) is 0 Å². The predicted molar refractivity (Wildman–Crippen MR) is 70.6 cm³/mol. The molecule has 0 aliphatic carbocycles. The SMILES string of the molecule is COC(=O)[C@H](Cc1cnc[nH]1)NC(=O)CCS(C)(=O)=O. The van der Waals surface area contributed by atoms with Gasteiger partial charge in [-0.2, -0.15) is 0 Å². The summed E-state index contributed by atoms with van der Waals surface area (Å²) in [5, 5.41) is 2.45. The number of H-pyrrole nitrogens is 1. The van der Waals surface area contributed by atoms with Gasteiger partial charge in [0, 0.05) is 31.0 Å². The Labute approximate surface area is 116 Å². The molecule has 1 rings (SSSR count). The Balaban J connectivity index is 2.60. The molecule has 0 aliphatic heterocycles. The van der Waals surface area contributed by atoms with Gasteiger partial charge in [0.1, 0.15) is 15.9 Å². The molecule has 1 heterocycles. The van der Waals surface area contributed by atoms with Crippen molar-refractivity contribution >= 4 is 21.7 Å². The number of aromatic amines is 1. The van der Waals surface area contributed by atoms with Crippen LogP contribution in [0.2, 0.25) is 0 Å². The van der Waals surface area contributed by atoms with Gasteiger partial charge < -0.3 is 15.0 Å². The van der Waals surface area contributed by atoms with E-state index in [2.05, 4.69) is 20.0 Å². The molecule has 0 spiro atoms. The number of hydrogen-bond acceptors (Lipinski definition) is 6. The van der Waals surface area contributed by atoms with E-state index >= 15 is 0 Å². The molecule has 1 aromatic heterocycles. The number of nitrogens with one attached hydrogen (secondary N) is 2. The van der Waals surface area contributed by atoms with Crippen LogP contribution in [0.1, 0.15) is 12.1 Å². The summed E-state index contributed by atoms with van der Waals surface area (Å²) in [6.07, 6.45) is 4.02. The maximum Gasteiger partial charge on any atom is 0.328 e. The Kier molecular flexibility index (Phi) is 5.68. The van der Waals surface area contributed by atoms with E-state index in [-0.39, 0.29) is 18.6 Å². The highest BCUT2D eigenvalue weighted by atomic mass is 32.2. The van der Waals surface area contributed by atoms with Gasteiger partial charge in [-0.25, -0.2) is 18.2 Å². The molecular formula is C11H17N3O5S. The number of esters is 1. The second-order valence-corrected chi connectivity index (χ2v) is 6.56. The van der Waals surface area contributed by atoms with E-state index in [9.17, 15) is 18.0 Å². The minimum absolute atomic E-state index is 0.192. The maximum atomic E-state index is 11.6. The van der Waals surface area contributed by atoms with Gasteiger partial charge in [-0.1, -0.05) is 0 Å². The smallest absolute Gasteiger partial charge is 0.328 e. The normalized spacial score (nSPS) is 12.7. The van der Waals surface area contributed by atoms with Crippen LogP contribution in [0.25, 0.3) is 0 Å². The first-order valence-electron chi connectivity index (χ1n) is 5.84. The van der Waals surface area contributed by atoms with Crippen molar-refractivity contribution in [1.82, 2.24) is 15.3 Å². The molecule has 0 fully saturated rings. The van der Waals surface area contributed by atoms with E-state index in [4.69, 9.17) is 0 Å². The monoisotopic (exact) mass is 303 g/mol. The van der Waals surface area contributed by atoms with E-state index in [0.717, 1.165) is 6.26 Å². The van der Waals surface area contributed by atoms with Crippen LogP contribution in [0, 0.1) is 0 Å². The molecule has 0 bridgehead atoms. The predicted octanol–water partition coefficient (Wildman–Crippen LogP) is -0.955. The molecule has 0 unspecified atom stereocenters. The minimum atomic E-state index is -3.22. The third-order valence-corrected chi connectivity index (χ3v) is 3.45. The van der Waals surface area contributed by atoms with E-state index < -0.39 is 27.8 Å². The number of methoxy groups -OCH3 is 1. The Morgan fingerprint density at radius 3 is 2.70 bits per heavy atom. The number of aromatic nitrogens is 2. The molecule has 0 aliphatic rings. The van der Waals surface area contributed by atoms with Crippen molar-refractivity contribution < 1.29 is 22.7 Å². The third kappa shape index (κ3) is 5.83. The molecule has 20 heavy (non-hydrogen) atoms. The fraction of sp³-hybridized carbons (Fsp3) is 0.545. The topological polar surface area (TPSA) is 118 Å². The zero-order valence-corrected chi connectivity index (χ0v) is 12.1. The van der Waals surface area contributed by atoms with Crippen molar-refractivity contribution in [3.8, 4) is 0 Å². The Morgan fingerprint density at radius 1 is 1.50 bits per heavy atom. The van der Waals surface area contributed by atoms with Crippen LogP contribution in [-0.4, -0.2) is 55.4 Å². The summed E-state index contributed by atoms with van der Waals surface area (Å²) < 4.78 is 26.6. The number of nitrogens with zero attached hydrogens (tertiary/aromatic N) is 1. The lowest BCUT2D eigenvalue weighted by Gasteiger charge is -2.15. The summed E-state index contributed by atoms with van der Waals surface area (Å²) in [6.45, 7) is 0. The van der Waals surface area contributed by atoms with Crippen LogP contribution in [0.3, 0.4) is 0 Å². The van der Waals surface area contributed by atoms with Crippen LogP contribution in [0.4, 0.5) is 0 Å². The summed E-state index contributed by atoms with van der Waals surface area (Å²) in [7, 11) is -2.01. The molecular weight excluding hydrogens is 286 g/mol. The van der Waals surface area contributed by atoms with Crippen LogP contribution in [0.15, 0.2) is 12.5 Å². The standard InChI is InChI=1S/C11H17N3O5S/c1-19-11(16)9(5-8-6-12-7-13-8)14-10(15)3-4-20(2,17)18/h6-7,9H,3-5H2,1-2H3,(H,12,13)(H,14,15)/t9-/m0/s1. The molecule has 1 amide bonds. The lowest BCUT2D eigenvalue weighted by atomic mass is 10.1. The van der Waals surface area contributed by atoms with Crippen LogP contribution < -0.4 is 5.32 Å². The number of rotatable bonds is 7. The lowest BCUT2D eigenvalue weighted by molar-refractivity contribution is -0.145. The molecule has 0 aromatic carbocycles. The van der Waals surface area contributed by atoms with Crippen molar-refractivity contribution in [2.45, 2.75) is 18.9 Å². The summed E-state index contributed by atoms with van der Waals surface area (Å²) >= 11 is 0.